The molecule has 156 valence electrons. The Balaban J connectivity index is 1.94. The van der Waals surface area contributed by atoms with Gasteiger partial charge in [0.25, 0.3) is 0 Å². The number of nitrogens with zero attached hydrogens (tertiary/aromatic N) is 2. The molecule has 0 fully saturated rings. The number of hydrogen-bond acceptors (Lipinski definition) is 4. The molecule has 29 heavy (non-hydrogen) atoms. The largest absolute Gasteiger partial charge is 0.495 e. The highest BCUT2D eigenvalue weighted by Gasteiger charge is 2.35. The van der Waals surface area contributed by atoms with Gasteiger partial charge in [0.15, 0.2) is 0 Å². The normalized spacial score (nSPS) is 14.8. The molecular weight excluding hydrogens is 412 g/mol. The lowest BCUT2D eigenvalue weighted by Crippen LogP contribution is -2.51. The quantitative estimate of drug-likeness (QED) is 0.695. The Hall–Kier alpha value is -2.25. The summed E-state index contributed by atoms with van der Waals surface area (Å²) in [5.74, 6) is 0.232. The summed E-state index contributed by atoms with van der Waals surface area (Å²) in [5, 5.41) is 0.285. The van der Waals surface area contributed by atoms with Crippen molar-refractivity contribution in [3.05, 3.63) is 58.6 Å². The molecule has 3 rings (SSSR count). The van der Waals surface area contributed by atoms with Crippen molar-refractivity contribution in [2.75, 3.05) is 24.2 Å². The summed E-state index contributed by atoms with van der Waals surface area (Å²) in [4.78, 5) is 15.1. The zero-order chi connectivity index (χ0) is 21.2. The van der Waals surface area contributed by atoms with Crippen molar-refractivity contribution in [2.24, 2.45) is 0 Å². The third-order valence-corrected chi connectivity index (χ3v) is 6.62. The van der Waals surface area contributed by atoms with Crippen molar-refractivity contribution in [1.82, 2.24) is 4.90 Å². The van der Waals surface area contributed by atoms with E-state index in [9.17, 15) is 13.2 Å². The van der Waals surface area contributed by atoms with Gasteiger partial charge in [-0.15, -0.1) is 0 Å². The molecule has 0 saturated heterocycles. The van der Waals surface area contributed by atoms with Crippen LogP contribution in [0, 0.1) is 0 Å². The highest BCUT2D eigenvalue weighted by atomic mass is 35.5. The van der Waals surface area contributed by atoms with Crippen LogP contribution in [0.25, 0.3) is 0 Å². The fraction of sp³-hybridized carbons (Fsp3) is 0.381. The Labute approximate surface area is 177 Å². The van der Waals surface area contributed by atoms with Crippen LogP contribution in [0.5, 0.6) is 5.75 Å². The number of fused-ring (bicyclic) bond motifs is 1. The molecule has 0 aliphatic carbocycles. The molecule has 0 saturated carbocycles. The van der Waals surface area contributed by atoms with Gasteiger partial charge in [-0.3, -0.25) is 9.10 Å². The molecule has 0 radical (unpaired) electrons. The highest BCUT2D eigenvalue weighted by molar-refractivity contribution is 7.92. The third kappa shape index (κ3) is 4.51. The molecule has 0 aromatic heterocycles. The monoisotopic (exact) mass is 436 g/mol. The first kappa shape index (κ1) is 21.5. The second kappa shape index (κ2) is 8.63. The number of hydrogen-bond donors (Lipinski definition) is 0. The summed E-state index contributed by atoms with van der Waals surface area (Å²) in [6, 6.07) is 11.9. The lowest BCUT2D eigenvalue weighted by atomic mass is 9.99. The molecule has 0 bridgehead atoms. The van der Waals surface area contributed by atoms with Gasteiger partial charge >= 0.3 is 0 Å². The minimum atomic E-state index is -3.72. The fourth-order valence-electron chi connectivity index (χ4n) is 3.73. The van der Waals surface area contributed by atoms with E-state index < -0.39 is 16.1 Å². The molecule has 1 aliphatic rings. The molecule has 0 N–H and O–H groups in total. The minimum Gasteiger partial charge on any atom is -0.495 e. The number of benzene rings is 2. The van der Waals surface area contributed by atoms with Crippen LogP contribution in [0.1, 0.15) is 24.5 Å². The first-order valence-electron chi connectivity index (χ1n) is 9.44. The Morgan fingerprint density at radius 1 is 1.24 bits per heavy atom. The molecule has 1 atom stereocenters. The van der Waals surface area contributed by atoms with E-state index in [2.05, 4.69) is 6.07 Å². The van der Waals surface area contributed by atoms with Gasteiger partial charge in [-0.05, 0) is 42.2 Å². The third-order valence-electron chi connectivity index (χ3n) is 5.14. The molecule has 2 aromatic rings. The maximum atomic E-state index is 13.4. The second-order valence-electron chi connectivity index (χ2n) is 7.08. The zero-order valence-electron chi connectivity index (χ0n) is 16.8. The molecule has 8 heteroatoms. The first-order valence-corrected chi connectivity index (χ1v) is 11.7. The molecular formula is C21H25ClN2O4S. The SMILES string of the molecule is CCC(C(=O)N1CCc2ccccc2C1)N(c1ccc(OC)c(Cl)c1)S(C)(=O)=O. The molecule has 2 aromatic carbocycles. The van der Waals surface area contributed by atoms with Gasteiger partial charge < -0.3 is 9.64 Å². The second-order valence-corrected chi connectivity index (χ2v) is 9.35. The number of halogens is 1. The van der Waals surface area contributed by atoms with E-state index in [0.717, 1.165) is 18.2 Å². The van der Waals surface area contributed by atoms with Crippen molar-refractivity contribution in [1.29, 1.82) is 0 Å². The molecule has 6 nitrogen and oxygen atoms in total. The smallest absolute Gasteiger partial charge is 0.246 e. The van der Waals surface area contributed by atoms with Gasteiger partial charge in [-0.25, -0.2) is 8.42 Å². The molecule has 1 unspecified atom stereocenters. The number of carbonyl (C=O) groups excluding carboxylic acids is 1. The summed E-state index contributed by atoms with van der Waals surface area (Å²) in [7, 11) is -2.24. The van der Waals surface area contributed by atoms with Gasteiger partial charge in [-0.1, -0.05) is 42.8 Å². The average molecular weight is 437 g/mol. The van der Waals surface area contributed by atoms with E-state index in [0.29, 0.717) is 30.9 Å². The predicted molar refractivity (Wildman–Crippen MR) is 115 cm³/mol. The van der Waals surface area contributed by atoms with Gasteiger partial charge in [0.2, 0.25) is 15.9 Å². The molecule has 1 heterocycles. The van der Waals surface area contributed by atoms with Crippen molar-refractivity contribution in [3.63, 3.8) is 0 Å². The minimum absolute atomic E-state index is 0.209. The van der Waals surface area contributed by atoms with Crippen LogP contribution in [0.3, 0.4) is 0 Å². The number of sulfonamides is 1. The topological polar surface area (TPSA) is 66.9 Å². The standard InChI is InChI=1S/C21H25ClN2O4S/c1-4-19(21(25)23-12-11-15-7-5-6-8-16(15)14-23)24(29(3,26)27)17-9-10-20(28-2)18(22)13-17/h5-10,13,19H,4,11-12,14H2,1-3H3. The maximum Gasteiger partial charge on any atom is 0.246 e. The van der Waals surface area contributed by atoms with Gasteiger partial charge in [0.1, 0.15) is 11.8 Å². The number of ether oxygens (including phenoxy) is 1. The van der Waals surface area contributed by atoms with E-state index in [1.165, 1.54) is 23.0 Å². The zero-order valence-corrected chi connectivity index (χ0v) is 18.3. The van der Waals surface area contributed by atoms with Crippen LogP contribution < -0.4 is 9.04 Å². The van der Waals surface area contributed by atoms with Gasteiger partial charge in [0.05, 0.1) is 24.1 Å². The van der Waals surface area contributed by atoms with E-state index >= 15 is 0 Å². The number of methoxy groups -OCH3 is 1. The summed E-state index contributed by atoms with van der Waals surface area (Å²) >= 11 is 6.21. The summed E-state index contributed by atoms with van der Waals surface area (Å²) in [6.45, 7) is 2.85. The number of amides is 1. The van der Waals surface area contributed by atoms with E-state index in [4.69, 9.17) is 16.3 Å². The average Bonchev–Trinajstić information content (AvgIpc) is 2.70. The molecule has 1 aliphatic heterocycles. The lowest BCUT2D eigenvalue weighted by molar-refractivity contribution is -0.133. The van der Waals surface area contributed by atoms with Crippen molar-refractivity contribution < 1.29 is 17.9 Å². The number of rotatable bonds is 6. The Morgan fingerprint density at radius 2 is 1.93 bits per heavy atom. The highest BCUT2D eigenvalue weighted by Crippen LogP contribution is 2.32. The van der Waals surface area contributed by atoms with E-state index in [-0.39, 0.29) is 10.9 Å². The fourth-order valence-corrected chi connectivity index (χ4v) is 5.18. The number of carbonyl (C=O) groups is 1. The van der Waals surface area contributed by atoms with Crippen LogP contribution in [0.4, 0.5) is 5.69 Å². The summed E-state index contributed by atoms with van der Waals surface area (Å²) in [5.41, 5.74) is 2.67. The van der Waals surface area contributed by atoms with Crippen LogP contribution in [0.2, 0.25) is 5.02 Å². The van der Waals surface area contributed by atoms with Crippen molar-refractivity contribution >= 4 is 33.2 Å². The summed E-state index contributed by atoms with van der Waals surface area (Å²) < 4.78 is 31.6. The van der Waals surface area contributed by atoms with Crippen LogP contribution in [-0.4, -0.2) is 45.2 Å². The van der Waals surface area contributed by atoms with Crippen LogP contribution in [0.15, 0.2) is 42.5 Å². The van der Waals surface area contributed by atoms with Crippen LogP contribution in [-0.2, 0) is 27.8 Å². The molecule has 0 spiro atoms. The molecule has 1 amide bonds. The Bertz CT molecular complexity index is 1010. The predicted octanol–water partition coefficient (Wildman–Crippen LogP) is 3.48. The van der Waals surface area contributed by atoms with E-state index in [1.54, 1.807) is 17.0 Å². The summed E-state index contributed by atoms with van der Waals surface area (Å²) in [6.07, 6.45) is 2.20. The Morgan fingerprint density at radius 3 is 2.52 bits per heavy atom. The maximum absolute atomic E-state index is 13.4. The lowest BCUT2D eigenvalue weighted by Gasteiger charge is -2.36. The van der Waals surface area contributed by atoms with E-state index in [1.807, 2.05) is 25.1 Å². The van der Waals surface area contributed by atoms with Gasteiger partial charge in [0, 0.05) is 13.1 Å². The van der Waals surface area contributed by atoms with Crippen molar-refractivity contribution in [2.45, 2.75) is 32.4 Å². The number of anilines is 1. The van der Waals surface area contributed by atoms with Crippen LogP contribution >= 0.6 is 11.6 Å². The Kier molecular flexibility index (Phi) is 6.39. The van der Waals surface area contributed by atoms with Gasteiger partial charge in [-0.2, -0.15) is 0 Å². The first-order chi connectivity index (χ1) is 13.8. The van der Waals surface area contributed by atoms with Crippen molar-refractivity contribution in [3.8, 4) is 5.75 Å².